The van der Waals surface area contributed by atoms with E-state index in [1.165, 1.54) is 12.1 Å². The van der Waals surface area contributed by atoms with E-state index in [2.05, 4.69) is 27.1 Å². The van der Waals surface area contributed by atoms with E-state index in [1.807, 2.05) is 4.90 Å². The van der Waals surface area contributed by atoms with E-state index in [0.717, 1.165) is 35.0 Å². The summed E-state index contributed by atoms with van der Waals surface area (Å²) in [4.78, 5) is 21.3. The van der Waals surface area contributed by atoms with Crippen LogP contribution in [-0.4, -0.2) is 42.0 Å². The van der Waals surface area contributed by atoms with E-state index in [1.54, 1.807) is 34.8 Å². The molecule has 134 valence electrons. The van der Waals surface area contributed by atoms with Gasteiger partial charge in [0, 0.05) is 42.5 Å². The second-order valence-electron chi connectivity index (χ2n) is 6.20. The van der Waals surface area contributed by atoms with Crippen LogP contribution in [0.25, 0.3) is 11.3 Å². The van der Waals surface area contributed by atoms with Crippen LogP contribution in [0.4, 0.5) is 9.52 Å². The van der Waals surface area contributed by atoms with Gasteiger partial charge in [-0.2, -0.15) is 11.3 Å². The van der Waals surface area contributed by atoms with Crippen LogP contribution in [0.5, 0.6) is 0 Å². The van der Waals surface area contributed by atoms with Crippen LogP contribution in [0.2, 0.25) is 0 Å². The van der Waals surface area contributed by atoms with Gasteiger partial charge in [0.1, 0.15) is 5.82 Å². The van der Waals surface area contributed by atoms with Crippen molar-refractivity contribution in [1.82, 2.24) is 9.88 Å². The molecule has 3 heterocycles. The Morgan fingerprint density at radius 2 is 1.85 bits per heavy atom. The molecule has 2 aromatic heterocycles. The number of hydrogen-bond acceptors (Lipinski definition) is 5. The lowest BCUT2D eigenvalue weighted by atomic mass is 10.1. The van der Waals surface area contributed by atoms with Crippen LogP contribution in [-0.2, 0) is 11.2 Å². The van der Waals surface area contributed by atoms with Crippen molar-refractivity contribution in [2.75, 3.05) is 31.1 Å². The summed E-state index contributed by atoms with van der Waals surface area (Å²) in [6, 6.07) is 8.22. The Morgan fingerprint density at radius 1 is 1.08 bits per heavy atom. The zero-order chi connectivity index (χ0) is 17.9. The molecule has 1 amide bonds. The van der Waals surface area contributed by atoms with Crippen LogP contribution in [0.1, 0.15) is 5.56 Å². The number of hydrogen-bond donors (Lipinski definition) is 0. The highest BCUT2D eigenvalue weighted by molar-refractivity contribution is 7.14. The molecule has 1 saturated heterocycles. The molecule has 26 heavy (non-hydrogen) atoms. The first-order valence-corrected chi connectivity index (χ1v) is 10.3. The van der Waals surface area contributed by atoms with Crippen molar-refractivity contribution in [1.29, 1.82) is 0 Å². The minimum absolute atomic E-state index is 0.0920. The van der Waals surface area contributed by atoms with Crippen LogP contribution < -0.4 is 4.90 Å². The van der Waals surface area contributed by atoms with Gasteiger partial charge in [-0.25, -0.2) is 9.37 Å². The monoisotopic (exact) mass is 387 g/mol. The normalized spacial score (nSPS) is 14.7. The number of carbonyl (C=O) groups excluding carboxylic acids is 1. The third kappa shape index (κ3) is 3.78. The Morgan fingerprint density at radius 3 is 2.54 bits per heavy atom. The number of thiophene rings is 1. The first kappa shape index (κ1) is 17.2. The summed E-state index contributed by atoms with van der Waals surface area (Å²) in [5.74, 6) is -0.186. The molecule has 0 radical (unpaired) electrons. The van der Waals surface area contributed by atoms with Crippen LogP contribution in [0.15, 0.2) is 46.5 Å². The summed E-state index contributed by atoms with van der Waals surface area (Å²) in [6.45, 7) is 2.94. The number of halogens is 1. The number of benzene rings is 1. The summed E-state index contributed by atoms with van der Waals surface area (Å²) in [7, 11) is 0. The average Bonchev–Trinajstić information content (AvgIpc) is 3.35. The van der Waals surface area contributed by atoms with Crippen LogP contribution >= 0.6 is 22.7 Å². The molecule has 0 unspecified atom stereocenters. The molecule has 3 aromatic rings. The predicted octanol–water partition coefficient (Wildman–Crippen LogP) is 3.90. The van der Waals surface area contributed by atoms with Gasteiger partial charge in [-0.15, -0.1) is 11.3 Å². The largest absolute Gasteiger partial charge is 0.345 e. The molecule has 0 atom stereocenters. The summed E-state index contributed by atoms with van der Waals surface area (Å²) < 4.78 is 13.0. The quantitative estimate of drug-likeness (QED) is 0.681. The number of anilines is 1. The van der Waals surface area contributed by atoms with Crippen molar-refractivity contribution in [3.8, 4) is 11.3 Å². The molecule has 1 aromatic carbocycles. The lowest BCUT2D eigenvalue weighted by Gasteiger charge is -2.34. The van der Waals surface area contributed by atoms with E-state index in [4.69, 9.17) is 4.98 Å². The van der Waals surface area contributed by atoms with Gasteiger partial charge in [-0.3, -0.25) is 4.79 Å². The Balaban J connectivity index is 1.33. The molecule has 0 saturated carbocycles. The third-order valence-corrected chi connectivity index (χ3v) is 6.07. The summed E-state index contributed by atoms with van der Waals surface area (Å²) in [6.07, 6.45) is 0.319. The Kier molecular flexibility index (Phi) is 4.99. The van der Waals surface area contributed by atoms with Crippen LogP contribution in [0.3, 0.4) is 0 Å². The standard InChI is InChI=1S/C19H18FN3OS2/c20-16-3-1-14(2-4-16)11-18(24)22-6-8-23(9-7-22)19-21-17(13-26-19)15-5-10-25-12-15/h1-5,10,12-13H,6-9,11H2. The predicted molar refractivity (Wildman–Crippen MR) is 104 cm³/mol. The highest BCUT2D eigenvalue weighted by Gasteiger charge is 2.23. The summed E-state index contributed by atoms with van der Waals surface area (Å²) in [5, 5.41) is 7.26. The second-order valence-corrected chi connectivity index (χ2v) is 7.82. The minimum atomic E-state index is -0.278. The fourth-order valence-electron chi connectivity index (χ4n) is 2.99. The lowest BCUT2D eigenvalue weighted by Crippen LogP contribution is -2.49. The van der Waals surface area contributed by atoms with Gasteiger partial charge in [0.15, 0.2) is 5.13 Å². The molecule has 0 aliphatic carbocycles. The highest BCUT2D eigenvalue weighted by Crippen LogP contribution is 2.29. The van der Waals surface area contributed by atoms with Gasteiger partial charge in [0.25, 0.3) is 0 Å². The fraction of sp³-hybridized carbons (Fsp3) is 0.263. The molecule has 1 aliphatic rings. The van der Waals surface area contributed by atoms with Crippen molar-refractivity contribution < 1.29 is 9.18 Å². The SMILES string of the molecule is O=C(Cc1ccc(F)cc1)N1CCN(c2nc(-c3ccsc3)cs2)CC1. The van der Waals surface area contributed by atoms with E-state index in [0.29, 0.717) is 19.5 Å². The molecule has 4 nitrogen and oxygen atoms in total. The Bertz CT molecular complexity index is 869. The maximum absolute atomic E-state index is 13.0. The van der Waals surface area contributed by atoms with Crippen molar-refractivity contribution in [2.45, 2.75) is 6.42 Å². The molecular weight excluding hydrogens is 369 g/mol. The first-order chi connectivity index (χ1) is 12.7. The number of amides is 1. The molecule has 4 rings (SSSR count). The molecule has 1 fully saturated rings. The molecule has 0 bridgehead atoms. The molecular formula is C19H18FN3OS2. The van der Waals surface area contributed by atoms with E-state index < -0.39 is 0 Å². The molecule has 0 spiro atoms. The molecule has 7 heteroatoms. The van der Waals surface area contributed by atoms with Gasteiger partial charge in [-0.1, -0.05) is 12.1 Å². The van der Waals surface area contributed by atoms with Crippen molar-refractivity contribution >= 4 is 33.7 Å². The van der Waals surface area contributed by atoms with Crippen molar-refractivity contribution in [3.63, 3.8) is 0 Å². The first-order valence-electron chi connectivity index (χ1n) is 8.44. The summed E-state index contributed by atoms with van der Waals surface area (Å²) >= 11 is 3.32. The molecule has 1 aliphatic heterocycles. The number of carbonyl (C=O) groups is 1. The number of aromatic nitrogens is 1. The van der Waals surface area contributed by atoms with E-state index in [9.17, 15) is 9.18 Å². The third-order valence-electron chi connectivity index (χ3n) is 4.48. The van der Waals surface area contributed by atoms with Crippen LogP contribution in [0, 0.1) is 5.82 Å². The van der Waals surface area contributed by atoms with E-state index in [-0.39, 0.29) is 11.7 Å². The highest BCUT2D eigenvalue weighted by atomic mass is 32.1. The average molecular weight is 388 g/mol. The molecule has 0 N–H and O–H groups in total. The Hall–Kier alpha value is -2.25. The zero-order valence-corrected chi connectivity index (χ0v) is 15.7. The maximum atomic E-state index is 13.0. The number of nitrogens with zero attached hydrogens (tertiary/aromatic N) is 3. The zero-order valence-electron chi connectivity index (χ0n) is 14.1. The van der Waals surface area contributed by atoms with E-state index >= 15 is 0 Å². The van der Waals surface area contributed by atoms with Crippen molar-refractivity contribution in [2.24, 2.45) is 0 Å². The fourth-order valence-corrected chi connectivity index (χ4v) is 4.53. The topological polar surface area (TPSA) is 36.4 Å². The number of rotatable bonds is 4. The second kappa shape index (κ2) is 7.55. The summed E-state index contributed by atoms with van der Waals surface area (Å²) in [5.41, 5.74) is 3.02. The minimum Gasteiger partial charge on any atom is -0.345 e. The van der Waals surface area contributed by atoms with Gasteiger partial charge in [-0.05, 0) is 29.1 Å². The van der Waals surface area contributed by atoms with Gasteiger partial charge < -0.3 is 9.80 Å². The number of thiazole rings is 1. The number of piperazine rings is 1. The Labute approximate surface area is 159 Å². The van der Waals surface area contributed by atoms with Gasteiger partial charge >= 0.3 is 0 Å². The maximum Gasteiger partial charge on any atom is 0.227 e. The van der Waals surface area contributed by atoms with Gasteiger partial charge in [0.05, 0.1) is 12.1 Å². The van der Waals surface area contributed by atoms with Gasteiger partial charge in [0.2, 0.25) is 5.91 Å². The van der Waals surface area contributed by atoms with Crippen molar-refractivity contribution in [3.05, 3.63) is 57.9 Å². The lowest BCUT2D eigenvalue weighted by molar-refractivity contribution is -0.130. The smallest absolute Gasteiger partial charge is 0.227 e.